The number of carboxylic acid groups (broad SMARTS) is 1. The highest BCUT2D eigenvalue weighted by atomic mass is 16.7. The molecular weight excluding hydrogens is 1260 g/mol. The average Bonchev–Trinajstić information content (AvgIpc) is 1.69. The van der Waals surface area contributed by atoms with Gasteiger partial charge in [0.05, 0.1) is 72.7 Å². The van der Waals surface area contributed by atoms with Gasteiger partial charge in [-0.1, -0.05) is 32.9 Å². The van der Waals surface area contributed by atoms with Crippen molar-refractivity contribution in [2.75, 3.05) is 92.5 Å². The topological polar surface area (TPSA) is 421 Å². The number of aliphatic carboxylic acids is 1. The number of carboxylic acids is 1. The van der Waals surface area contributed by atoms with Gasteiger partial charge in [0.1, 0.15) is 111 Å². The minimum absolute atomic E-state index is 0.000171. The Bertz CT molecular complexity index is 2630. The normalized spacial score (nSPS) is 29.9. The van der Waals surface area contributed by atoms with Crippen molar-refractivity contribution in [2.45, 2.75) is 158 Å². The van der Waals surface area contributed by atoms with Gasteiger partial charge in [-0.25, -0.2) is 38.4 Å². The maximum atomic E-state index is 11.6. The van der Waals surface area contributed by atoms with Crippen molar-refractivity contribution in [3.8, 4) is 0 Å². The van der Waals surface area contributed by atoms with E-state index in [1.165, 1.54) is 27.7 Å². The van der Waals surface area contributed by atoms with Gasteiger partial charge in [-0.3, -0.25) is 4.79 Å². The molecule has 524 valence electrons. The quantitative estimate of drug-likeness (QED) is 0.0344. The number of ether oxygens (including phenoxy) is 18. The number of hydrogen-bond donors (Lipinski definition) is 5. The number of esters is 7. The van der Waals surface area contributed by atoms with Crippen molar-refractivity contribution in [3.05, 3.63) is 85.1 Å². The highest BCUT2D eigenvalue weighted by Crippen LogP contribution is 2.34. The second kappa shape index (κ2) is 37.9. The van der Waals surface area contributed by atoms with Crippen LogP contribution in [0.4, 0.5) is 0 Å². The van der Waals surface area contributed by atoms with Crippen molar-refractivity contribution < 1.29 is 154 Å². The molecule has 0 aromatic rings. The maximum Gasteiger partial charge on any atom is 0.333 e. The number of aliphatic hydroxyl groups excluding tert-OH is 4. The van der Waals surface area contributed by atoms with Gasteiger partial charge in [0.2, 0.25) is 0 Å². The molecule has 0 bridgehead atoms. The Hall–Kier alpha value is -6.99. The van der Waals surface area contributed by atoms with E-state index in [0.717, 1.165) is 18.2 Å². The number of carbonyl (C=O) groups excluding carboxylic acids is 8. The number of ketones is 1. The predicted molar refractivity (Wildman–Crippen MR) is 314 cm³/mol. The molecule has 0 aliphatic carbocycles. The van der Waals surface area contributed by atoms with Crippen LogP contribution >= 0.6 is 0 Å². The molecule has 8 aliphatic rings. The van der Waals surface area contributed by atoms with Gasteiger partial charge < -0.3 is 111 Å². The van der Waals surface area contributed by atoms with Crippen LogP contribution in [0.25, 0.3) is 0 Å². The number of carbonyl (C=O) groups is 9. The molecule has 5 N–H and O–H groups in total. The van der Waals surface area contributed by atoms with Gasteiger partial charge in [-0.15, -0.1) is 0 Å². The molecule has 0 aromatic heterocycles. The summed E-state index contributed by atoms with van der Waals surface area (Å²) in [5.41, 5.74) is 1.41. The lowest BCUT2D eigenvalue weighted by Crippen LogP contribution is -2.37. The molecule has 8 saturated heterocycles. The van der Waals surface area contributed by atoms with Crippen LogP contribution in [0.2, 0.25) is 0 Å². The first-order valence-electron chi connectivity index (χ1n) is 29.7. The lowest BCUT2D eigenvalue weighted by molar-refractivity contribution is -0.151. The van der Waals surface area contributed by atoms with Gasteiger partial charge in [-0.2, -0.15) is 0 Å². The third-order valence-electron chi connectivity index (χ3n) is 14.2. The number of aliphatic hydroxyl groups is 4. The van der Waals surface area contributed by atoms with E-state index < -0.39 is 133 Å². The summed E-state index contributed by atoms with van der Waals surface area (Å²) in [5.74, 6) is -5.75. The Kier molecular flexibility index (Phi) is 31.4. The van der Waals surface area contributed by atoms with Crippen LogP contribution in [-0.2, 0) is 128 Å². The van der Waals surface area contributed by atoms with Gasteiger partial charge in [0.25, 0.3) is 0 Å². The minimum Gasteiger partial charge on any atom is -0.478 e. The van der Waals surface area contributed by atoms with Gasteiger partial charge >= 0.3 is 47.8 Å². The van der Waals surface area contributed by atoms with Crippen LogP contribution in [0.15, 0.2) is 85.1 Å². The average molecular weight is 1340 g/mol. The SMILES string of the molecule is C=C(C)C(=O)OC1COC2C(OC(=O)C(=C)C)COC12.C=C(C)C(=O)OCC(O)COC1COC2C(O)COC12.C=C(C)C(=O)OCC(O)COC1COC2C(OCC(O)COC(=O)C(=C)C)COC12.CC(=O)/C=C\C(=O)OC1COC2C(OC(=O)/C=C\C(=O)O)COC12. The molecule has 0 spiro atoms. The first-order valence-corrected chi connectivity index (χ1v) is 29.7. The monoisotopic (exact) mass is 1340 g/mol. The summed E-state index contributed by atoms with van der Waals surface area (Å²) in [5, 5.41) is 47.5. The van der Waals surface area contributed by atoms with E-state index >= 15 is 0 Å². The van der Waals surface area contributed by atoms with Crippen LogP contribution < -0.4 is 0 Å². The van der Waals surface area contributed by atoms with Crippen LogP contribution in [-0.4, -0.2) is 288 Å². The Labute approximate surface area is 541 Å². The van der Waals surface area contributed by atoms with E-state index in [1.54, 1.807) is 13.8 Å². The summed E-state index contributed by atoms with van der Waals surface area (Å²) in [6, 6.07) is 0. The van der Waals surface area contributed by atoms with Crippen LogP contribution in [0.5, 0.6) is 0 Å². The van der Waals surface area contributed by atoms with Crippen molar-refractivity contribution in [1.29, 1.82) is 0 Å². The Balaban J connectivity index is 0.000000230. The summed E-state index contributed by atoms with van der Waals surface area (Å²) in [6.07, 6.45) is -7.00. The van der Waals surface area contributed by atoms with Crippen LogP contribution in [0.3, 0.4) is 0 Å². The summed E-state index contributed by atoms with van der Waals surface area (Å²) in [7, 11) is 0. The molecule has 19 unspecified atom stereocenters. The highest BCUT2D eigenvalue weighted by Gasteiger charge is 2.53. The highest BCUT2D eigenvalue weighted by molar-refractivity contribution is 5.94. The van der Waals surface area contributed by atoms with Gasteiger partial charge in [-0.05, 0) is 47.6 Å². The Morgan fingerprint density at radius 3 is 0.915 bits per heavy atom. The lowest BCUT2D eigenvalue weighted by Gasteiger charge is -2.19. The molecule has 8 rings (SSSR count). The molecule has 32 nitrogen and oxygen atoms in total. The number of rotatable bonds is 28. The Morgan fingerprint density at radius 1 is 0.362 bits per heavy atom. The second-order valence-electron chi connectivity index (χ2n) is 22.7. The van der Waals surface area contributed by atoms with Crippen molar-refractivity contribution >= 4 is 53.5 Å². The molecule has 8 heterocycles. The van der Waals surface area contributed by atoms with E-state index in [-0.39, 0.29) is 139 Å². The summed E-state index contributed by atoms with van der Waals surface area (Å²) in [6.45, 7) is 27.4. The van der Waals surface area contributed by atoms with Crippen molar-refractivity contribution in [1.82, 2.24) is 0 Å². The van der Waals surface area contributed by atoms with E-state index in [4.69, 9.17) is 90.4 Å². The van der Waals surface area contributed by atoms with E-state index in [2.05, 4.69) is 32.9 Å². The van der Waals surface area contributed by atoms with E-state index in [9.17, 15) is 63.6 Å². The van der Waals surface area contributed by atoms with Crippen LogP contribution in [0.1, 0.15) is 41.5 Å². The number of hydrogen-bond acceptors (Lipinski definition) is 31. The van der Waals surface area contributed by atoms with E-state index in [1.807, 2.05) is 0 Å². The minimum atomic E-state index is -1.27. The zero-order chi connectivity index (χ0) is 69.5. The smallest absolute Gasteiger partial charge is 0.333 e. The predicted octanol–water partition coefficient (Wildman–Crippen LogP) is -1.32. The fourth-order valence-corrected chi connectivity index (χ4v) is 9.48. The summed E-state index contributed by atoms with van der Waals surface area (Å²) in [4.78, 5) is 101. The lowest BCUT2D eigenvalue weighted by atomic mass is 10.1. The largest absolute Gasteiger partial charge is 0.478 e. The number of fused-ring (bicyclic) bond motifs is 4. The van der Waals surface area contributed by atoms with E-state index in [0.29, 0.717) is 23.8 Å². The summed E-state index contributed by atoms with van der Waals surface area (Å²) >= 11 is 0. The molecular formula is C62H84O32. The molecule has 8 fully saturated rings. The van der Waals surface area contributed by atoms with Gasteiger partial charge in [0.15, 0.2) is 30.2 Å². The third-order valence-corrected chi connectivity index (χ3v) is 14.2. The molecule has 0 radical (unpaired) electrons. The molecule has 8 aliphatic heterocycles. The second-order valence-corrected chi connectivity index (χ2v) is 22.7. The maximum absolute atomic E-state index is 11.6. The fourth-order valence-electron chi connectivity index (χ4n) is 9.48. The molecule has 19 atom stereocenters. The zero-order valence-corrected chi connectivity index (χ0v) is 53.0. The van der Waals surface area contributed by atoms with Crippen molar-refractivity contribution in [3.63, 3.8) is 0 Å². The molecule has 32 heteroatoms. The zero-order valence-electron chi connectivity index (χ0n) is 53.0. The third kappa shape index (κ3) is 24.3. The molecule has 0 saturated carbocycles. The van der Waals surface area contributed by atoms with Gasteiger partial charge in [0, 0.05) is 46.1 Å². The molecule has 0 amide bonds. The molecule has 0 aromatic carbocycles. The number of allylic oxidation sites excluding steroid dienone is 1. The first-order chi connectivity index (χ1) is 44.4. The standard InChI is InChI=1S/C20H30O10.C15H16O9.C14H18O6.C13H20O7/c1-11(2)19(23)29-7-13(21)5-25-15-9-27-18-16(10-28-17(15)18)26-6-14(22)8-30-20(24)12(3)4;1-8(16)2-4-12(19)23-9-6-21-15-10(7-22-14(9)15)24-13(20)5-3-11(17)18;1-7(2)13(15)19-9-5-17-12-10(6-18-11(9)12)20-14(16)8(3)4;1-7(2)13(16)20-4-8(14)3-17-10-6-19-11-9(15)5-18-12(10)11/h13-18,21-22H,1,3,5-10H2,2,4H3;2-5,9-10,14-15H,6-7H2,1H3,(H,17,18);9-12H,1,3,5-6H2,2,4H3;8-12,14-15H,1,3-6H2,2H3/b;4-2-,5-3-;;. The first kappa shape index (κ1) is 77.7. The van der Waals surface area contributed by atoms with Crippen LogP contribution in [0, 0.1) is 0 Å². The molecule has 94 heavy (non-hydrogen) atoms. The Morgan fingerprint density at radius 2 is 0.617 bits per heavy atom. The fraction of sp³-hybridized carbons (Fsp3) is 0.629. The van der Waals surface area contributed by atoms with Crippen molar-refractivity contribution in [2.24, 2.45) is 0 Å². The summed E-state index contributed by atoms with van der Waals surface area (Å²) < 4.78 is 96.2.